The minimum absolute atomic E-state index is 0.147. The quantitative estimate of drug-likeness (QED) is 0.595. The minimum atomic E-state index is -0.689. The number of rotatable bonds is 7. The van der Waals surface area contributed by atoms with E-state index in [4.69, 9.17) is 9.47 Å². The van der Waals surface area contributed by atoms with Crippen molar-refractivity contribution >= 4 is 16.8 Å². The summed E-state index contributed by atoms with van der Waals surface area (Å²) in [6.07, 6.45) is 4.76. The van der Waals surface area contributed by atoms with Crippen molar-refractivity contribution in [3.63, 3.8) is 0 Å². The van der Waals surface area contributed by atoms with Gasteiger partial charge in [-0.1, -0.05) is 12.1 Å². The average molecular weight is 395 g/mol. The zero-order valence-electron chi connectivity index (χ0n) is 16.1. The molecule has 0 aliphatic heterocycles. The highest BCUT2D eigenvalue weighted by molar-refractivity contribution is 6.03. The summed E-state index contributed by atoms with van der Waals surface area (Å²) >= 11 is 0. The molecule has 0 atom stereocenters. The maximum absolute atomic E-state index is 13.0. The highest BCUT2D eigenvalue weighted by Gasteiger charge is 2.23. The fourth-order valence-corrected chi connectivity index (χ4v) is 3.05. The van der Waals surface area contributed by atoms with Crippen molar-refractivity contribution in [2.45, 2.75) is 13.1 Å². The summed E-state index contributed by atoms with van der Waals surface area (Å²) in [5.41, 5.74) is 0.175. The van der Waals surface area contributed by atoms with Crippen LogP contribution in [-0.4, -0.2) is 34.8 Å². The second kappa shape index (κ2) is 8.47. The maximum atomic E-state index is 13.0. The second-order valence-electron chi connectivity index (χ2n) is 6.20. The Balaban J connectivity index is 2.14. The molecule has 0 spiro atoms. The van der Waals surface area contributed by atoms with E-state index in [0.29, 0.717) is 17.0 Å². The first kappa shape index (κ1) is 19.9. The number of methoxy groups -OCH3 is 2. The van der Waals surface area contributed by atoms with Gasteiger partial charge in [-0.25, -0.2) is 0 Å². The van der Waals surface area contributed by atoms with Crippen LogP contribution in [0.15, 0.2) is 54.1 Å². The largest absolute Gasteiger partial charge is 0.506 e. The number of carbonyl (C=O) groups is 1. The van der Waals surface area contributed by atoms with Gasteiger partial charge in [-0.05, 0) is 17.7 Å². The number of hydrogen-bond acceptors (Lipinski definition) is 6. The molecular formula is C21H21N3O5. The third-order valence-electron chi connectivity index (χ3n) is 4.46. The Morgan fingerprint density at radius 3 is 2.66 bits per heavy atom. The summed E-state index contributed by atoms with van der Waals surface area (Å²) in [7, 11) is 2.93. The number of aromatic hydroxyl groups is 1. The molecule has 150 valence electrons. The molecule has 8 nitrogen and oxygen atoms in total. The third kappa shape index (κ3) is 3.77. The molecule has 2 N–H and O–H groups in total. The van der Waals surface area contributed by atoms with Gasteiger partial charge in [0.05, 0.1) is 19.7 Å². The van der Waals surface area contributed by atoms with E-state index in [0.717, 1.165) is 5.56 Å². The smallest absolute Gasteiger partial charge is 0.268 e. The zero-order valence-corrected chi connectivity index (χ0v) is 16.1. The lowest BCUT2D eigenvalue weighted by molar-refractivity contribution is 0.0946. The van der Waals surface area contributed by atoms with Crippen molar-refractivity contribution in [3.8, 4) is 17.2 Å². The Morgan fingerprint density at radius 2 is 2.03 bits per heavy atom. The fraction of sp³-hybridized carbons (Fsp3) is 0.190. The van der Waals surface area contributed by atoms with E-state index in [1.807, 2.05) is 0 Å². The molecule has 3 rings (SSSR count). The van der Waals surface area contributed by atoms with Crippen LogP contribution in [0.25, 0.3) is 10.9 Å². The Hall–Kier alpha value is -3.81. The number of ether oxygens (including phenoxy) is 2. The Kier molecular flexibility index (Phi) is 5.82. The van der Waals surface area contributed by atoms with E-state index in [1.54, 1.807) is 30.6 Å². The fourth-order valence-electron chi connectivity index (χ4n) is 3.05. The molecule has 3 aromatic rings. The van der Waals surface area contributed by atoms with Crippen molar-refractivity contribution in [1.82, 2.24) is 14.9 Å². The Morgan fingerprint density at radius 1 is 1.31 bits per heavy atom. The van der Waals surface area contributed by atoms with Crippen LogP contribution < -0.4 is 20.3 Å². The van der Waals surface area contributed by atoms with E-state index in [-0.39, 0.29) is 24.0 Å². The minimum Gasteiger partial charge on any atom is -0.506 e. The van der Waals surface area contributed by atoms with Crippen LogP contribution in [0.3, 0.4) is 0 Å². The number of nitrogens with zero attached hydrogens (tertiary/aromatic N) is 2. The molecule has 0 bridgehead atoms. The van der Waals surface area contributed by atoms with Crippen LogP contribution in [-0.2, 0) is 13.1 Å². The Bertz CT molecular complexity index is 1120. The molecular weight excluding hydrogens is 374 g/mol. The van der Waals surface area contributed by atoms with Gasteiger partial charge in [-0.2, -0.15) is 0 Å². The predicted molar refractivity (Wildman–Crippen MR) is 109 cm³/mol. The van der Waals surface area contributed by atoms with Crippen LogP contribution in [0.5, 0.6) is 17.2 Å². The lowest BCUT2D eigenvalue weighted by Crippen LogP contribution is -2.33. The topological polar surface area (TPSA) is 103 Å². The molecule has 8 heteroatoms. The number of allylic oxidation sites excluding steroid dienone is 1. The lowest BCUT2D eigenvalue weighted by atomic mass is 10.1. The van der Waals surface area contributed by atoms with Crippen molar-refractivity contribution < 1.29 is 19.4 Å². The van der Waals surface area contributed by atoms with Gasteiger partial charge in [0.2, 0.25) is 0 Å². The molecule has 1 aromatic carbocycles. The first-order valence-corrected chi connectivity index (χ1v) is 8.81. The van der Waals surface area contributed by atoms with Gasteiger partial charge in [-0.15, -0.1) is 6.58 Å². The van der Waals surface area contributed by atoms with Gasteiger partial charge in [-0.3, -0.25) is 14.6 Å². The number of hydrogen-bond donors (Lipinski definition) is 2. The number of fused-ring (bicyclic) bond motifs is 1. The summed E-state index contributed by atoms with van der Waals surface area (Å²) < 4.78 is 11.9. The van der Waals surface area contributed by atoms with E-state index in [2.05, 4.69) is 16.9 Å². The monoisotopic (exact) mass is 395 g/mol. The highest BCUT2D eigenvalue weighted by atomic mass is 16.5. The zero-order chi connectivity index (χ0) is 21.0. The van der Waals surface area contributed by atoms with Crippen LogP contribution in [0.4, 0.5) is 0 Å². The van der Waals surface area contributed by atoms with Gasteiger partial charge in [0.25, 0.3) is 11.5 Å². The summed E-state index contributed by atoms with van der Waals surface area (Å²) in [5.74, 6) is -0.355. The number of amides is 1. The predicted octanol–water partition coefficient (Wildman–Crippen LogP) is 2.24. The van der Waals surface area contributed by atoms with Gasteiger partial charge in [0.1, 0.15) is 11.3 Å². The molecule has 29 heavy (non-hydrogen) atoms. The molecule has 0 saturated heterocycles. The van der Waals surface area contributed by atoms with Crippen molar-refractivity contribution in [1.29, 1.82) is 0 Å². The van der Waals surface area contributed by atoms with Crippen LogP contribution in [0.2, 0.25) is 0 Å². The SMILES string of the molecule is C=CCn1c(=O)c(C(=O)NCc2cccnc2)c(O)c2cc(OC)c(OC)cc21. The van der Waals surface area contributed by atoms with E-state index in [1.165, 1.54) is 30.9 Å². The molecule has 0 unspecified atom stereocenters. The molecule has 0 aliphatic carbocycles. The summed E-state index contributed by atoms with van der Waals surface area (Å²) in [6.45, 7) is 3.98. The normalized spacial score (nSPS) is 10.6. The molecule has 0 radical (unpaired) electrons. The van der Waals surface area contributed by atoms with Gasteiger partial charge >= 0.3 is 0 Å². The lowest BCUT2D eigenvalue weighted by Gasteiger charge is -2.16. The number of nitrogens with one attached hydrogen (secondary N) is 1. The first-order chi connectivity index (χ1) is 14.0. The standard InChI is InChI=1S/C21H21N3O5/c1-4-8-24-15-10-17(29-3)16(28-2)9-14(15)19(25)18(21(24)27)20(26)23-12-13-6-5-7-22-11-13/h4-7,9-11,25H,1,8,12H2,2-3H3,(H,23,26). The van der Waals surface area contributed by atoms with E-state index >= 15 is 0 Å². The number of pyridine rings is 2. The van der Waals surface area contributed by atoms with E-state index in [9.17, 15) is 14.7 Å². The summed E-state index contributed by atoms with van der Waals surface area (Å²) in [5, 5.41) is 13.7. The molecule has 0 fully saturated rings. The molecule has 0 aliphatic rings. The van der Waals surface area contributed by atoms with Crippen LogP contribution in [0.1, 0.15) is 15.9 Å². The molecule has 2 heterocycles. The van der Waals surface area contributed by atoms with Crippen LogP contribution in [0, 0.1) is 0 Å². The molecule has 1 amide bonds. The van der Waals surface area contributed by atoms with Crippen molar-refractivity contribution in [3.05, 3.63) is 70.8 Å². The first-order valence-electron chi connectivity index (χ1n) is 8.81. The molecule has 0 saturated carbocycles. The number of benzene rings is 1. The van der Waals surface area contributed by atoms with E-state index < -0.39 is 17.2 Å². The number of aromatic nitrogens is 2. The van der Waals surface area contributed by atoms with Gasteiger partial charge in [0.15, 0.2) is 11.5 Å². The second-order valence-corrected chi connectivity index (χ2v) is 6.20. The summed E-state index contributed by atoms with van der Waals surface area (Å²) in [4.78, 5) is 29.7. The summed E-state index contributed by atoms with van der Waals surface area (Å²) in [6, 6.07) is 6.64. The molecule has 2 aromatic heterocycles. The van der Waals surface area contributed by atoms with Crippen LogP contribution >= 0.6 is 0 Å². The Labute approximate surface area is 167 Å². The number of carbonyl (C=O) groups excluding carboxylic acids is 1. The maximum Gasteiger partial charge on any atom is 0.268 e. The van der Waals surface area contributed by atoms with Crippen molar-refractivity contribution in [2.24, 2.45) is 0 Å². The van der Waals surface area contributed by atoms with Crippen molar-refractivity contribution in [2.75, 3.05) is 14.2 Å². The van der Waals surface area contributed by atoms with Gasteiger partial charge in [0, 0.05) is 36.9 Å². The van der Waals surface area contributed by atoms with Gasteiger partial charge < -0.3 is 24.5 Å². The average Bonchev–Trinajstić information content (AvgIpc) is 2.75. The highest BCUT2D eigenvalue weighted by Crippen LogP contribution is 2.36. The third-order valence-corrected chi connectivity index (χ3v) is 4.46.